The Labute approximate surface area is 188 Å². The molecule has 0 spiro atoms. The number of aromatic nitrogens is 2. The minimum absolute atomic E-state index is 0.00537. The molecule has 3 aromatic rings. The lowest BCUT2D eigenvalue weighted by atomic mass is 10.2. The van der Waals surface area contributed by atoms with E-state index in [1.165, 1.54) is 4.68 Å². The zero-order valence-corrected chi connectivity index (χ0v) is 19.6. The summed E-state index contributed by atoms with van der Waals surface area (Å²) in [5, 5.41) is 5.35. The summed E-state index contributed by atoms with van der Waals surface area (Å²) in [4.78, 5) is 17.8. The average Bonchev–Trinajstić information content (AvgIpc) is 2.70. The van der Waals surface area contributed by atoms with E-state index in [1.54, 1.807) is 24.4 Å². The molecule has 3 rings (SSSR count). The molecule has 0 saturated heterocycles. The van der Waals surface area contributed by atoms with Gasteiger partial charge in [0.25, 0.3) is 5.56 Å². The second-order valence-electron chi connectivity index (χ2n) is 6.84. The zero-order valence-electron chi connectivity index (χ0n) is 17.3. The summed E-state index contributed by atoms with van der Waals surface area (Å²) in [5.74, 6) is 1.61. The Morgan fingerprint density at radius 3 is 2.60 bits per heavy atom. The van der Waals surface area contributed by atoms with Crippen molar-refractivity contribution in [3.05, 3.63) is 61.6 Å². The molecule has 0 unspecified atom stereocenters. The van der Waals surface area contributed by atoms with Crippen LogP contribution >= 0.6 is 27.5 Å². The summed E-state index contributed by atoms with van der Waals surface area (Å²) in [5.41, 5.74) is 1.09. The normalized spacial score (nSPS) is 11.6. The molecule has 2 aromatic carbocycles. The van der Waals surface area contributed by atoms with Crippen LogP contribution in [0.5, 0.6) is 11.5 Å². The second-order valence-corrected chi connectivity index (χ2v) is 8.17. The summed E-state index contributed by atoms with van der Waals surface area (Å²) >= 11 is 9.80. The lowest BCUT2D eigenvalue weighted by molar-refractivity contribution is 0.288. The highest BCUT2D eigenvalue weighted by Gasteiger charge is 2.15. The van der Waals surface area contributed by atoms with Crippen LogP contribution in [-0.2, 0) is 0 Å². The number of halogens is 2. The number of benzene rings is 2. The Hall–Kier alpha value is -2.38. The van der Waals surface area contributed by atoms with Gasteiger partial charge in [-0.15, -0.1) is 0 Å². The van der Waals surface area contributed by atoms with E-state index < -0.39 is 0 Å². The van der Waals surface area contributed by atoms with E-state index in [1.807, 2.05) is 39.8 Å². The van der Waals surface area contributed by atoms with Crippen molar-refractivity contribution in [2.45, 2.75) is 33.6 Å². The molecule has 8 heteroatoms. The van der Waals surface area contributed by atoms with Gasteiger partial charge in [-0.25, -0.2) is 4.98 Å². The molecule has 0 aliphatic carbocycles. The van der Waals surface area contributed by atoms with Gasteiger partial charge < -0.3 is 9.47 Å². The fourth-order valence-electron chi connectivity index (χ4n) is 2.99. The fourth-order valence-corrected chi connectivity index (χ4v) is 3.62. The maximum Gasteiger partial charge on any atom is 0.282 e. The smallest absolute Gasteiger partial charge is 0.282 e. The van der Waals surface area contributed by atoms with Gasteiger partial charge in [0, 0.05) is 10.4 Å². The predicted molar refractivity (Wildman–Crippen MR) is 125 cm³/mol. The molecular weight excluding hydrogens is 470 g/mol. The lowest BCUT2D eigenvalue weighted by Crippen LogP contribution is -2.23. The first-order valence-corrected chi connectivity index (χ1v) is 10.9. The van der Waals surface area contributed by atoms with Crippen LogP contribution in [0.3, 0.4) is 0 Å². The fraction of sp³-hybridized carbons (Fsp3) is 0.318. The van der Waals surface area contributed by atoms with Crippen molar-refractivity contribution in [3.8, 4) is 11.5 Å². The number of hydrogen-bond acceptors (Lipinski definition) is 5. The van der Waals surface area contributed by atoms with Crippen LogP contribution in [0.25, 0.3) is 10.9 Å². The number of ether oxygens (including phenoxy) is 2. The van der Waals surface area contributed by atoms with Gasteiger partial charge >= 0.3 is 0 Å². The van der Waals surface area contributed by atoms with Crippen molar-refractivity contribution >= 4 is 44.6 Å². The van der Waals surface area contributed by atoms with E-state index in [2.05, 4.69) is 26.0 Å². The van der Waals surface area contributed by atoms with Crippen LogP contribution in [0.1, 0.15) is 45.0 Å². The highest BCUT2D eigenvalue weighted by Crippen LogP contribution is 2.36. The first kappa shape index (κ1) is 22.3. The summed E-state index contributed by atoms with van der Waals surface area (Å²) in [7, 11) is 0. The Morgan fingerprint density at radius 2 is 1.93 bits per heavy atom. The molecule has 158 valence electrons. The molecule has 0 saturated carbocycles. The number of rotatable bonds is 7. The van der Waals surface area contributed by atoms with Crippen molar-refractivity contribution in [1.82, 2.24) is 9.66 Å². The third-order valence-corrected chi connectivity index (χ3v) is 5.07. The maximum atomic E-state index is 13.1. The SMILES string of the molecule is CCOc1cc(C=Nn2c(C(C)C)nc3ccc(Br)cc3c2=O)cc(Cl)c1OCC. The molecule has 0 aliphatic heterocycles. The van der Waals surface area contributed by atoms with Gasteiger partial charge in [0.1, 0.15) is 5.82 Å². The monoisotopic (exact) mass is 491 g/mol. The Bertz CT molecular complexity index is 1160. The molecule has 6 nitrogen and oxygen atoms in total. The topological polar surface area (TPSA) is 65.7 Å². The second kappa shape index (κ2) is 9.62. The van der Waals surface area contributed by atoms with E-state index in [0.717, 1.165) is 4.47 Å². The number of fused-ring (bicyclic) bond motifs is 1. The van der Waals surface area contributed by atoms with Crippen LogP contribution in [0.4, 0.5) is 0 Å². The third-order valence-electron chi connectivity index (χ3n) is 4.29. The largest absolute Gasteiger partial charge is 0.490 e. The summed E-state index contributed by atoms with van der Waals surface area (Å²) in [6.07, 6.45) is 1.57. The van der Waals surface area contributed by atoms with Gasteiger partial charge in [0.05, 0.1) is 35.4 Å². The van der Waals surface area contributed by atoms with E-state index in [-0.39, 0.29) is 11.5 Å². The molecule has 0 bridgehead atoms. The van der Waals surface area contributed by atoms with Gasteiger partial charge in [-0.1, -0.05) is 41.4 Å². The molecule has 0 atom stereocenters. The number of nitrogens with zero attached hydrogens (tertiary/aromatic N) is 3. The standard InChI is InChI=1S/C22H23BrClN3O3/c1-5-29-19-10-14(9-17(24)20(19)30-6-2)12-25-27-21(13(3)4)26-18-8-7-15(23)11-16(18)22(27)28/h7-13H,5-6H2,1-4H3. The molecule has 1 aromatic heterocycles. The molecule has 1 heterocycles. The van der Waals surface area contributed by atoms with Crippen LogP contribution in [0.2, 0.25) is 5.02 Å². The summed E-state index contributed by atoms with van der Waals surface area (Å²) in [6, 6.07) is 8.95. The van der Waals surface area contributed by atoms with Crippen molar-refractivity contribution in [3.63, 3.8) is 0 Å². The molecule has 30 heavy (non-hydrogen) atoms. The van der Waals surface area contributed by atoms with Crippen LogP contribution < -0.4 is 15.0 Å². The van der Waals surface area contributed by atoms with E-state index in [4.69, 9.17) is 21.1 Å². The molecule has 0 radical (unpaired) electrons. The molecule has 0 aliphatic rings. The summed E-state index contributed by atoms with van der Waals surface area (Å²) in [6.45, 7) is 8.65. The van der Waals surface area contributed by atoms with E-state index in [0.29, 0.717) is 52.0 Å². The van der Waals surface area contributed by atoms with Crippen LogP contribution in [0, 0.1) is 0 Å². The Balaban J connectivity index is 2.12. The minimum atomic E-state index is -0.233. The first-order valence-electron chi connectivity index (χ1n) is 9.71. The maximum absolute atomic E-state index is 13.1. The van der Waals surface area contributed by atoms with Gasteiger partial charge in [-0.2, -0.15) is 9.78 Å². The summed E-state index contributed by atoms with van der Waals surface area (Å²) < 4.78 is 13.4. The van der Waals surface area contributed by atoms with Gasteiger partial charge in [0.2, 0.25) is 0 Å². The van der Waals surface area contributed by atoms with Crippen LogP contribution in [-0.4, -0.2) is 29.1 Å². The van der Waals surface area contributed by atoms with E-state index in [9.17, 15) is 4.79 Å². The van der Waals surface area contributed by atoms with Crippen molar-refractivity contribution in [2.75, 3.05) is 13.2 Å². The first-order chi connectivity index (χ1) is 14.3. The lowest BCUT2D eigenvalue weighted by Gasteiger charge is -2.14. The van der Waals surface area contributed by atoms with Crippen molar-refractivity contribution in [1.29, 1.82) is 0 Å². The highest BCUT2D eigenvalue weighted by molar-refractivity contribution is 9.10. The van der Waals surface area contributed by atoms with Crippen molar-refractivity contribution in [2.24, 2.45) is 5.10 Å². The molecular formula is C22H23BrClN3O3. The minimum Gasteiger partial charge on any atom is -0.490 e. The number of hydrogen-bond donors (Lipinski definition) is 0. The Kier molecular flexibility index (Phi) is 7.15. The third kappa shape index (κ3) is 4.68. The quantitative estimate of drug-likeness (QED) is 0.402. The van der Waals surface area contributed by atoms with Crippen LogP contribution in [0.15, 0.2) is 44.7 Å². The van der Waals surface area contributed by atoms with Crippen molar-refractivity contribution < 1.29 is 9.47 Å². The molecule has 0 N–H and O–H groups in total. The van der Waals surface area contributed by atoms with E-state index >= 15 is 0 Å². The molecule has 0 amide bonds. The van der Waals surface area contributed by atoms with Gasteiger partial charge in [0.15, 0.2) is 11.5 Å². The van der Waals surface area contributed by atoms with Gasteiger partial charge in [-0.3, -0.25) is 4.79 Å². The zero-order chi connectivity index (χ0) is 21.8. The predicted octanol–water partition coefficient (Wildman–Crippen LogP) is 5.62. The Morgan fingerprint density at radius 1 is 1.20 bits per heavy atom. The molecule has 0 fully saturated rings. The average molecular weight is 493 g/mol. The highest BCUT2D eigenvalue weighted by atomic mass is 79.9. The van der Waals surface area contributed by atoms with Gasteiger partial charge in [-0.05, 0) is 49.7 Å².